The van der Waals surface area contributed by atoms with E-state index in [-0.39, 0.29) is 6.61 Å². The Kier molecular flexibility index (Phi) is 4.12. The van der Waals surface area contributed by atoms with E-state index < -0.39 is 0 Å². The Labute approximate surface area is 107 Å². The lowest BCUT2D eigenvalue weighted by Crippen LogP contribution is -2.27. The molecule has 0 aliphatic carbocycles. The van der Waals surface area contributed by atoms with Gasteiger partial charge in [0.15, 0.2) is 0 Å². The summed E-state index contributed by atoms with van der Waals surface area (Å²) in [7, 11) is 0. The summed E-state index contributed by atoms with van der Waals surface area (Å²) in [6.07, 6.45) is 5.78. The Morgan fingerprint density at radius 2 is 2.39 bits per heavy atom. The van der Waals surface area contributed by atoms with Gasteiger partial charge < -0.3 is 9.51 Å². The number of fused-ring (bicyclic) bond motifs is 1. The average molecular weight is 245 g/mol. The van der Waals surface area contributed by atoms with Gasteiger partial charge in [-0.05, 0) is 24.6 Å². The Bertz CT molecular complexity index is 533. The maximum absolute atomic E-state index is 9.04. The fraction of sp³-hybridized carbons (Fsp3) is 0.357. The molecule has 0 atom stereocenters. The predicted octanol–water partition coefficient (Wildman–Crippen LogP) is 1.62. The normalized spacial score (nSPS) is 11.3. The Morgan fingerprint density at radius 3 is 3.11 bits per heavy atom. The van der Waals surface area contributed by atoms with E-state index in [4.69, 9.17) is 5.11 Å². The lowest BCUT2D eigenvalue weighted by Gasteiger charge is -2.18. The molecule has 0 amide bonds. The van der Waals surface area contributed by atoms with Gasteiger partial charge in [0.2, 0.25) is 0 Å². The van der Waals surface area contributed by atoms with Gasteiger partial charge in [0.05, 0.1) is 18.5 Å². The van der Waals surface area contributed by atoms with Crippen LogP contribution in [0.2, 0.25) is 0 Å². The van der Waals surface area contributed by atoms with Gasteiger partial charge in [0.1, 0.15) is 5.65 Å². The van der Waals surface area contributed by atoms with Gasteiger partial charge in [0, 0.05) is 25.8 Å². The summed E-state index contributed by atoms with van der Waals surface area (Å²) in [5, 5.41) is 9.04. The highest BCUT2D eigenvalue weighted by Gasteiger charge is 2.08. The Balaban J connectivity index is 2.22. The molecule has 0 aromatic carbocycles. The zero-order valence-corrected chi connectivity index (χ0v) is 10.7. The van der Waals surface area contributed by atoms with Crippen LogP contribution in [-0.2, 0) is 6.54 Å². The molecule has 18 heavy (non-hydrogen) atoms. The summed E-state index contributed by atoms with van der Waals surface area (Å²) in [6, 6.07) is 4.13. The molecule has 0 aliphatic rings. The maximum Gasteiger partial charge on any atom is 0.137 e. The molecule has 0 saturated heterocycles. The van der Waals surface area contributed by atoms with Crippen molar-refractivity contribution in [3.05, 3.63) is 48.4 Å². The van der Waals surface area contributed by atoms with Crippen molar-refractivity contribution < 1.29 is 5.11 Å². The van der Waals surface area contributed by atoms with E-state index >= 15 is 0 Å². The van der Waals surface area contributed by atoms with Gasteiger partial charge in [-0.15, -0.1) is 6.58 Å². The third kappa shape index (κ3) is 2.78. The van der Waals surface area contributed by atoms with Crippen LogP contribution < -0.4 is 0 Å². The number of aromatic nitrogens is 2. The fourth-order valence-electron chi connectivity index (χ4n) is 2.04. The second kappa shape index (κ2) is 5.80. The van der Waals surface area contributed by atoms with Crippen LogP contribution in [-0.4, -0.2) is 39.1 Å². The van der Waals surface area contributed by atoms with Crippen LogP contribution in [0.4, 0.5) is 0 Å². The largest absolute Gasteiger partial charge is 0.395 e. The van der Waals surface area contributed by atoms with Crippen molar-refractivity contribution in [1.29, 1.82) is 0 Å². The maximum atomic E-state index is 9.04. The highest BCUT2D eigenvalue weighted by Crippen LogP contribution is 2.11. The lowest BCUT2D eigenvalue weighted by molar-refractivity contribution is 0.202. The van der Waals surface area contributed by atoms with E-state index in [1.807, 2.05) is 18.5 Å². The van der Waals surface area contributed by atoms with E-state index in [0.717, 1.165) is 24.4 Å². The second-order valence-corrected chi connectivity index (χ2v) is 4.43. The van der Waals surface area contributed by atoms with Crippen LogP contribution in [0.15, 0.2) is 37.2 Å². The molecule has 0 aliphatic heterocycles. The number of aliphatic hydroxyl groups is 1. The first kappa shape index (κ1) is 12.8. The van der Waals surface area contributed by atoms with Crippen molar-refractivity contribution in [1.82, 2.24) is 14.3 Å². The van der Waals surface area contributed by atoms with Crippen LogP contribution in [0, 0.1) is 6.92 Å². The SMILES string of the molecule is C=CCN(CCO)Cc1cnc2cc(C)ccn12. The number of nitrogens with zero attached hydrogens (tertiary/aromatic N) is 3. The standard InChI is InChI=1S/C14H19N3O/c1-3-5-16(7-8-18)11-13-10-15-14-9-12(2)4-6-17(13)14/h3-4,6,9-10,18H,1,5,7-8,11H2,2H3. The molecule has 4 nitrogen and oxygen atoms in total. The molecule has 0 saturated carbocycles. The van der Waals surface area contributed by atoms with E-state index in [0.29, 0.717) is 6.54 Å². The Hall–Kier alpha value is -1.65. The number of rotatable bonds is 6. The monoisotopic (exact) mass is 245 g/mol. The van der Waals surface area contributed by atoms with Gasteiger partial charge >= 0.3 is 0 Å². The highest BCUT2D eigenvalue weighted by molar-refractivity contribution is 5.42. The molecular weight excluding hydrogens is 226 g/mol. The van der Waals surface area contributed by atoms with Gasteiger partial charge in [0.25, 0.3) is 0 Å². The van der Waals surface area contributed by atoms with Crippen LogP contribution >= 0.6 is 0 Å². The highest BCUT2D eigenvalue weighted by atomic mass is 16.3. The van der Waals surface area contributed by atoms with Gasteiger partial charge in [-0.25, -0.2) is 4.98 Å². The summed E-state index contributed by atoms with van der Waals surface area (Å²) in [5.41, 5.74) is 3.30. The summed E-state index contributed by atoms with van der Waals surface area (Å²) in [5.74, 6) is 0. The number of hydrogen-bond donors (Lipinski definition) is 1. The molecule has 0 bridgehead atoms. The molecule has 1 N–H and O–H groups in total. The minimum absolute atomic E-state index is 0.156. The summed E-state index contributed by atoms with van der Waals surface area (Å²) >= 11 is 0. The van der Waals surface area contributed by atoms with E-state index in [1.165, 1.54) is 5.56 Å². The van der Waals surface area contributed by atoms with Crippen molar-refractivity contribution >= 4 is 5.65 Å². The van der Waals surface area contributed by atoms with Crippen molar-refractivity contribution in [2.24, 2.45) is 0 Å². The quantitative estimate of drug-likeness (QED) is 0.786. The molecule has 2 aromatic rings. The molecule has 0 fully saturated rings. The first-order chi connectivity index (χ1) is 8.74. The lowest BCUT2D eigenvalue weighted by atomic mass is 10.3. The van der Waals surface area contributed by atoms with Crippen LogP contribution in [0.5, 0.6) is 0 Å². The van der Waals surface area contributed by atoms with Crippen molar-refractivity contribution in [3.63, 3.8) is 0 Å². The molecule has 2 rings (SSSR count). The first-order valence-electron chi connectivity index (χ1n) is 6.11. The third-order valence-corrected chi connectivity index (χ3v) is 2.93. The number of aryl methyl sites for hydroxylation is 1. The molecule has 4 heteroatoms. The van der Waals surface area contributed by atoms with Crippen molar-refractivity contribution in [3.8, 4) is 0 Å². The van der Waals surface area contributed by atoms with Crippen LogP contribution in [0.3, 0.4) is 0 Å². The topological polar surface area (TPSA) is 40.8 Å². The van der Waals surface area contributed by atoms with Gasteiger partial charge in [-0.3, -0.25) is 4.90 Å². The van der Waals surface area contributed by atoms with Gasteiger partial charge in [-0.1, -0.05) is 6.08 Å². The van der Waals surface area contributed by atoms with Crippen LogP contribution in [0.1, 0.15) is 11.3 Å². The molecule has 0 spiro atoms. The molecule has 0 unspecified atom stereocenters. The zero-order valence-electron chi connectivity index (χ0n) is 10.7. The zero-order chi connectivity index (χ0) is 13.0. The van der Waals surface area contributed by atoms with Crippen molar-refractivity contribution in [2.45, 2.75) is 13.5 Å². The minimum atomic E-state index is 0.156. The second-order valence-electron chi connectivity index (χ2n) is 4.43. The summed E-state index contributed by atoms with van der Waals surface area (Å²) < 4.78 is 2.08. The van der Waals surface area contributed by atoms with Gasteiger partial charge in [-0.2, -0.15) is 0 Å². The summed E-state index contributed by atoms with van der Waals surface area (Å²) in [6.45, 7) is 8.12. The van der Waals surface area contributed by atoms with E-state index in [9.17, 15) is 0 Å². The predicted molar refractivity (Wildman–Crippen MR) is 72.5 cm³/mol. The molecule has 2 heterocycles. The molecular formula is C14H19N3O. The first-order valence-corrected chi connectivity index (χ1v) is 6.11. The number of aliphatic hydroxyl groups excluding tert-OH is 1. The smallest absolute Gasteiger partial charge is 0.137 e. The summed E-state index contributed by atoms with van der Waals surface area (Å²) in [4.78, 5) is 6.54. The number of pyridine rings is 1. The third-order valence-electron chi connectivity index (χ3n) is 2.93. The molecule has 0 radical (unpaired) electrons. The average Bonchev–Trinajstić information content (AvgIpc) is 2.72. The van der Waals surface area contributed by atoms with E-state index in [2.05, 4.69) is 39.9 Å². The minimum Gasteiger partial charge on any atom is -0.395 e. The molecule has 96 valence electrons. The van der Waals surface area contributed by atoms with Crippen LogP contribution in [0.25, 0.3) is 5.65 Å². The molecule has 2 aromatic heterocycles. The fourth-order valence-corrected chi connectivity index (χ4v) is 2.04. The number of imidazole rings is 1. The Morgan fingerprint density at radius 1 is 1.56 bits per heavy atom. The van der Waals surface area contributed by atoms with E-state index in [1.54, 1.807) is 0 Å². The number of hydrogen-bond acceptors (Lipinski definition) is 3. The van der Waals surface area contributed by atoms with Crippen molar-refractivity contribution in [2.75, 3.05) is 19.7 Å².